The summed E-state index contributed by atoms with van der Waals surface area (Å²) in [6.45, 7) is 6.90. The van der Waals surface area contributed by atoms with E-state index in [2.05, 4.69) is 104 Å². The first-order chi connectivity index (χ1) is 31.7. The Morgan fingerprint density at radius 3 is 1.52 bits per heavy atom. The Kier molecular flexibility index (Phi) is 23.6. The number of aryl methyl sites for hydroxylation is 2. The molecule has 0 aliphatic rings. The molecule has 2 aromatic carbocycles. The average Bonchev–Trinajstić information content (AvgIpc) is 3.31. The number of carbonyl (C=O) groups is 3. The van der Waals surface area contributed by atoms with Gasteiger partial charge in [-0.2, -0.15) is 5.16 Å². The van der Waals surface area contributed by atoms with Crippen molar-refractivity contribution in [1.82, 2.24) is 19.9 Å². The number of nitrogens with one attached hydrogen (secondary N) is 2. The maximum Gasteiger partial charge on any atom is 2.00 e. The summed E-state index contributed by atoms with van der Waals surface area (Å²) in [5, 5.41) is 16.1. The van der Waals surface area contributed by atoms with Gasteiger partial charge >= 0.3 is 19.5 Å². The predicted molar refractivity (Wildman–Crippen MR) is 256 cm³/mol. The van der Waals surface area contributed by atoms with E-state index in [4.69, 9.17) is 30.8 Å². The molecule has 0 radical (unpaired) electrons. The maximum absolute atomic E-state index is 10.8. The van der Waals surface area contributed by atoms with Gasteiger partial charge in [-0.15, -0.1) is 0 Å². The van der Waals surface area contributed by atoms with Gasteiger partial charge in [0.15, 0.2) is 0 Å². The van der Waals surface area contributed by atoms with Gasteiger partial charge in [-0.1, -0.05) is 76.0 Å². The van der Waals surface area contributed by atoms with Crippen molar-refractivity contribution in [2.45, 2.75) is 72.1 Å². The van der Waals surface area contributed by atoms with E-state index in [9.17, 15) is 14.4 Å². The first kappa shape index (κ1) is 53.2. The summed E-state index contributed by atoms with van der Waals surface area (Å²) in [5.41, 5.74) is 15.9. The minimum absolute atomic E-state index is 0. The van der Waals surface area contributed by atoms with Crippen LogP contribution in [0.25, 0.3) is 33.9 Å². The molecule has 2 N–H and O–H groups in total. The van der Waals surface area contributed by atoms with Crippen LogP contribution in [0.4, 0.5) is 17.1 Å². The Bertz CT molecular complexity index is 2430. The number of aliphatic imine (C=N–C) groups is 1. The fraction of sp³-hybridized carbons (Fsp3) is 0.224. The number of unbranched alkanes of at least 4 members (excludes halogenated alkanes) is 4. The smallest absolute Gasteiger partial charge is 0.753 e. The van der Waals surface area contributed by atoms with Crippen LogP contribution in [0, 0.1) is 5.41 Å². The second-order valence-electron chi connectivity index (χ2n) is 14.1. The molecule has 0 spiro atoms. The molecule has 17 heteroatoms. The zero-order valence-corrected chi connectivity index (χ0v) is 39.3. The molecule has 6 aromatic rings. The van der Waals surface area contributed by atoms with E-state index in [0.717, 1.165) is 29.9 Å². The topological polar surface area (TPSA) is 216 Å². The third-order valence-corrected chi connectivity index (χ3v) is 9.39. The minimum Gasteiger partial charge on any atom is -0.753 e. The molecule has 4 heterocycles. The normalized spacial score (nSPS) is 10.3. The molecule has 340 valence electrons. The van der Waals surface area contributed by atoms with Crippen LogP contribution in [0.1, 0.15) is 76.1 Å². The molecule has 0 aliphatic heterocycles. The molecule has 66 heavy (non-hydrogen) atoms. The van der Waals surface area contributed by atoms with Crippen molar-refractivity contribution in [3.63, 3.8) is 0 Å². The summed E-state index contributed by atoms with van der Waals surface area (Å²) in [4.78, 5) is 55.1. The Balaban J connectivity index is 0.000000335. The Hall–Kier alpha value is -7.19. The van der Waals surface area contributed by atoms with Crippen LogP contribution >= 0.6 is 12.2 Å². The quantitative estimate of drug-likeness (QED) is 0.0189. The van der Waals surface area contributed by atoms with Crippen LogP contribution in [0.2, 0.25) is 0 Å². The number of rotatable bonds is 20. The van der Waals surface area contributed by atoms with E-state index in [1.54, 1.807) is 13.1 Å². The molecule has 6 rings (SSSR count). The summed E-state index contributed by atoms with van der Waals surface area (Å²) in [6, 6.07) is 30.4. The third kappa shape index (κ3) is 17.1. The monoisotopic (exact) mass is 993 g/mol. The number of aromatic nitrogens is 4. The fourth-order valence-electron chi connectivity index (χ4n) is 6.39. The van der Waals surface area contributed by atoms with E-state index >= 15 is 0 Å². The number of hydrogen-bond acceptors (Lipinski definition) is 13. The Morgan fingerprint density at radius 2 is 1.09 bits per heavy atom. The van der Waals surface area contributed by atoms with E-state index < -0.39 is 0 Å². The second kappa shape index (κ2) is 29.3. The van der Waals surface area contributed by atoms with Crippen molar-refractivity contribution < 1.29 is 48.1 Å². The summed E-state index contributed by atoms with van der Waals surface area (Å²) in [5.74, 6) is 0.851. The zero-order chi connectivity index (χ0) is 46.8. The SMILES string of the molecule is CCCCCc1ccc(N(c2ccc(CCCCC)cc2)c2ccnc(C([NH-])=NC(C)=N)c2)cc1.O=COc1ccnc(-c2cc(OC=O)cc(-c3cc(OC=O)ccn3)n2)c1.[N-]=C=S.[Ru+2]. The van der Waals surface area contributed by atoms with Crippen molar-refractivity contribution in [2.75, 3.05) is 4.90 Å². The van der Waals surface area contributed by atoms with Crippen LogP contribution < -0.4 is 19.1 Å². The van der Waals surface area contributed by atoms with Crippen LogP contribution in [-0.4, -0.2) is 56.2 Å². The first-order valence-corrected chi connectivity index (χ1v) is 21.1. The van der Waals surface area contributed by atoms with Crippen molar-refractivity contribution in [1.29, 1.82) is 5.41 Å². The number of nitrogens with zero attached hydrogens (tertiary/aromatic N) is 7. The molecule has 0 saturated heterocycles. The van der Waals surface area contributed by atoms with Gasteiger partial charge in [-0.3, -0.25) is 29.3 Å². The Morgan fingerprint density at radius 1 is 0.667 bits per heavy atom. The van der Waals surface area contributed by atoms with E-state index in [1.807, 2.05) is 12.1 Å². The number of ether oxygens (including phenoxy) is 3. The summed E-state index contributed by atoms with van der Waals surface area (Å²) in [7, 11) is 0. The number of thiocarbonyl (C=S) groups is 1. The van der Waals surface area contributed by atoms with Gasteiger partial charge in [0.1, 0.15) is 17.2 Å². The molecule has 0 saturated carbocycles. The predicted octanol–water partition coefficient (Wildman–Crippen LogP) is 11.3. The van der Waals surface area contributed by atoms with Crippen molar-refractivity contribution in [3.8, 4) is 40.0 Å². The molecular weight excluding hydrogens is 944 g/mol. The zero-order valence-electron chi connectivity index (χ0n) is 36.7. The van der Waals surface area contributed by atoms with Gasteiger partial charge in [-0.05, 0) is 98.1 Å². The van der Waals surface area contributed by atoms with Crippen molar-refractivity contribution in [3.05, 3.63) is 144 Å². The van der Waals surface area contributed by atoms with Crippen LogP contribution in [0.5, 0.6) is 17.2 Å². The standard InChI is InChI=1S/C30H38N5.C18H11N3O6.CNS.Ru/c1-4-6-8-10-24-12-16-26(17-13-24)35(27-18-14-25(15-19-27)11-9-7-5-2)28-20-21-33-29(22-28)30(32)34-23(3)31;22-9-25-12-1-3-19-15(5-12)17-7-14(27-11-24)8-18(21-17)16-6-13(26-10-23)2-4-20-16;2-1-3;/h12-22H,4-11H2,1-3H3,(H2-,31,32,34);1-11H;;/q-1;;-1;+2. The molecule has 0 amide bonds. The van der Waals surface area contributed by atoms with Crippen LogP contribution in [-0.2, 0) is 46.7 Å². The molecule has 0 unspecified atom stereocenters. The number of pyridine rings is 4. The van der Waals surface area contributed by atoms with Gasteiger partial charge in [0.25, 0.3) is 19.4 Å². The molecular formula is C49H49N9O6RuS. The molecule has 0 fully saturated rings. The molecule has 0 bridgehead atoms. The van der Waals surface area contributed by atoms with Gasteiger partial charge < -0.3 is 40.7 Å². The van der Waals surface area contributed by atoms with Crippen molar-refractivity contribution in [2.24, 2.45) is 4.99 Å². The average molecular weight is 993 g/mol. The number of benzene rings is 2. The largest absolute Gasteiger partial charge is 2.00 e. The maximum atomic E-state index is 10.8. The van der Waals surface area contributed by atoms with E-state index in [-0.39, 0.29) is 54.9 Å². The van der Waals surface area contributed by atoms with Gasteiger partial charge in [0, 0.05) is 65.8 Å². The minimum atomic E-state index is -0.00292. The summed E-state index contributed by atoms with van der Waals surface area (Å²) >= 11 is 3.70. The van der Waals surface area contributed by atoms with Crippen molar-refractivity contribution >= 4 is 65.5 Å². The van der Waals surface area contributed by atoms with Crippen LogP contribution in [0.15, 0.2) is 121 Å². The van der Waals surface area contributed by atoms with Crippen LogP contribution in [0.3, 0.4) is 0 Å². The summed E-state index contributed by atoms with van der Waals surface area (Å²) in [6.07, 6.45) is 14.2. The second-order valence-corrected chi connectivity index (χ2v) is 14.3. The number of anilines is 3. The molecule has 4 aromatic heterocycles. The number of amidine groups is 2. The number of carbonyl (C=O) groups excluding carboxylic acids is 3. The number of isothiocyanates is 1. The third-order valence-electron chi connectivity index (χ3n) is 9.39. The number of hydrogen-bond donors (Lipinski definition) is 1. The fourth-order valence-corrected chi connectivity index (χ4v) is 6.39. The first-order valence-electron chi connectivity index (χ1n) is 20.7. The van der Waals surface area contributed by atoms with Gasteiger partial charge in [0.05, 0.1) is 28.5 Å². The molecule has 0 aliphatic carbocycles. The molecule has 0 atom stereocenters. The van der Waals surface area contributed by atoms with Gasteiger partial charge in [0.2, 0.25) is 0 Å². The van der Waals surface area contributed by atoms with Gasteiger partial charge in [-0.25, -0.2) is 4.98 Å². The molecule has 15 nitrogen and oxygen atoms in total. The van der Waals surface area contributed by atoms with E-state index in [0.29, 0.717) is 41.4 Å². The van der Waals surface area contributed by atoms with E-state index in [1.165, 1.54) is 104 Å². The Labute approximate surface area is 402 Å². The summed E-state index contributed by atoms with van der Waals surface area (Å²) < 4.78 is 14.5.